The largest absolute Gasteiger partial charge is 0.489 e. The van der Waals surface area contributed by atoms with Crippen molar-refractivity contribution in [2.24, 2.45) is 10.9 Å². The van der Waals surface area contributed by atoms with Crippen molar-refractivity contribution in [2.75, 3.05) is 32.8 Å². The van der Waals surface area contributed by atoms with E-state index in [0.717, 1.165) is 12.1 Å². The molecule has 0 bridgehead atoms. The van der Waals surface area contributed by atoms with Gasteiger partial charge in [0.1, 0.15) is 12.4 Å². The van der Waals surface area contributed by atoms with Crippen LogP contribution in [0.4, 0.5) is 8.78 Å². The topological polar surface area (TPSA) is 65.9 Å². The third-order valence-corrected chi connectivity index (χ3v) is 2.76. The van der Waals surface area contributed by atoms with Gasteiger partial charge in [-0.05, 0) is 25.0 Å². The van der Waals surface area contributed by atoms with E-state index < -0.39 is 11.6 Å². The van der Waals surface area contributed by atoms with Gasteiger partial charge in [-0.3, -0.25) is 4.99 Å². The number of nitrogens with one attached hydrogen (secondary N) is 2. The number of benzene rings is 1. The van der Waals surface area contributed by atoms with Crippen LogP contribution in [0.2, 0.25) is 0 Å². The van der Waals surface area contributed by atoms with Crippen molar-refractivity contribution in [3.63, 3.8) is 0 Å². The number of aliphatic imine (C=N–C) groups is 1. The quantitative estimate of drug-likeness (QED) is 0.250. The summed E-state index contributed by atoms with van der Waals surface area (Å²) < 4.78 is 31.4. The summed E-state index contributed by atoms with van der Waals surface area (Å²) in [6, 6.07) is 3.19. The first-order valence-electron chi connectivity index (χ1n) is 7.27. The molecule has 0 aliphatic carbocycles. The van der Waals surface area contributed by atoms with Crippen molar-refractivity contribution in [3.05, 3.63) is 29.8 Å². The first-order valence-corrected chi connectivity index (χ1v) is 7.27. The molecule has 1 atom stereocenters. The van der Waals surface area contributed by atoms with Crippen LogP contribution in [0.25, 0.3) is 0 Å². The van der Waals surface area contributed by atoms with Crippen LogP contribution >= 0.6 is 24.0 Å². The zero-order valence-electron chi connectivity index (χ0n) is 13.3. The molecule has 0 saturated carbocycles. The van der Waals surface area contributed by atoms with Gasteiger partial charge in [0.2, 0.25) is 0 Å². The number of hydrogen-bond donors (Lipinski definition) is 3. The summed E-state index contributed by atoms with van der Waals surface area (Å²) in [5.74, 6) is -0.662. The molecule has 0 saturated heterocycles. The summed E-state index contributed by atoms with van der Waals surface area (Å²) in [4.78, 5) is 4.31. The van der Waals surface area contributed by atoms with Crippen molar-refractivity contribution in [1.29, 1.82) is 0 Å². The second-order valence-corrected chi connectivity index (χ2v) is 4.86. The van der Waals surface area contributed by atoms with E-state index in [1.165, 1.54) is 6.07 Å². The van der Waals surface area contributed by atoms with Crippen LogP contribution in [0, 0.1) is 17.6 Å². The molecule has 1 aromatic carbocycles. The van der Waals surface area contributed by atoms with E-state index in [1.54, 1.807) is 0 Å². The van der Waals surface area contributed by atoms with Gasteiger partial charge in [0.05, 0.1) is 6.54 Å². The molecule has 1 rings (SSSR count). The maximum Gasteiger partial charge on any atom is 0.191 e. The minimum atomic E-state index is -0.725. The highest BCUT2D eigenvalue weighted by atomic mass is 127. The summed E-state index contributed by atoms with van der Waals surface area (Å²) >= 11 is 0. The number of aliphatic hydroxyl groups excluding tert-OH is 1. The molecule has 0 aliphatic heterocycles. The fraction of sp³-hybridized carbons (Fsp3) is 0.533. The molecule has 0 spiro atoms. The minimum absolute atomic E-state index is 0. The summed E-state index contributed by atoms with van der Waals surface area (Å²) in [5, 5.41) is 15.1. The number of ether oxygens (including phenoxy) is 1. The molecule has 1 aromatic rings. The van der Waals surface area contributed by atoms with Gasteiger partial charge in [-0.1, -0.05) is 6.92 Å². The number of hydrogen-bond acceptors (Lipinski definition) is 3. The first-order chi connectivity index (χ1) is 10.6. The molecule has 3 N–H and O–H groups in total. The zero-order chi connectivity index (χ0) is 16.4. The van der Waals surface area contributed by atoms with Gasteiger partial charge in [0, 0.05) is 25.8 Å². The van der Waals surface area contributed by atoms with Crippen LogP contribution < -0.4 is 15.4 Å². The van der Waals surface area contributed by atoms with E-state index in [-0.39, 0.29) is 48.9 Å². The van der Waals surface area contributed by atoms with Crippen LogP contribution in [-0.4, -0.2) is 43.9 Å². The Balaban J connectivity index is 0.00000484. The van der Waals surface area contributed by atoms with Crippen LogP contribution in [0.5, 0.6) is 5.75 Å². The maximum absolute atomic E-state index is 13.4. The molecule has 0 radical (unpaired) electrons. The van der Waals surface area contributed by atoms with Gasteiger partial charge in [0.15, 0.2) is 17.5 Å². The first kappa shape index (κ1) is 21.8. The van der Waals surface area contributed by atoms with Gasteiger partial charge in [-0.2, -0.15) is 0 Å². The van der Waals surface area contributed by atoms with E-state index in [2.05, 4.69) is 15.6 Å². The Morgan fingerprint density at radius 3 is 2.70 bits per heavy atom. The molecular formula is C15H24F2IN3O2. The van der Waals surface area contributed by atoms with Crippen molar-refractivity contribution < 1.29 is 18.6 Å². The summed E-state index contributed by atoms with van der Waals surface area (Å²) in [5.41, 5.74) is 0. The van der Waals surface area contributed by atoms with Crippen molar-refractivity contribution in [1.82, 2.24) is 10.6 Å². The van der Waals surface area contributed by atoms with E-state index in [1.807, 2.05) is 13.8 Å². The Morgan fingerprint density at radius 1 is 1.35 bits per heavy atom. The average Bonchev–Trinajstić information content (AvgIpc) is 2.50. The molecular weight excluding hydrogens is 419 g/mol. The lowest BCUT2D eigenvalue weighted by atomic mass is 10.2. The molecule has 0 aromatic heterocycles. The van der Waals surface area contributed by atoms with Gasteiger partial charge >= 0.3 is 0 Å². The maximum atomic E-state index is 13.4. The van der Waals surface area contributed by atoms with Gasteiger partial charge < -0.3 is 20.5 Å². The SMILES string of the molecule is CCNC(=NCC(C)CO)NCCOc1ccc(F)cc1F.I. The van der Waals surface area contributed by atoms with Gasteiger partial charge in [0.25, 0.3) is 0 Å². The Labute approximate surface area is 152 Å². The van der Waals surface area contributed by atoms with Gasteiger partial charge in [-0.15, -0.1) is 24.0 Å². The molecule has 23 heavy (non-hydrogen) atoms. The molecule has 0 aliphatic rings. The molecule has 1 unspecified atom stereocenters. The second-order valence-electron chi connectivity index (χ2n) is 4.86. The fourth-order valence-electron chi connectivity index (χ4n) is 1.57. The van der Waals surface area contributed by atoms with Crippen LogP contribution in [0.1, 0.15) is 13.8 Å². The highest BCUT2D eigenvalue weighted by Gasteiger charge is 2.05. The predicted molar refractivity (Wildman–Crippen MR) is 97.5 cm³/mol. The van der Waals surface area contributed by atoms with E-state index in [0.29, 0.717) is 25.6 Å². The molecule has 0 amide bonds. The minimum Gasteiger partial charge on any atom is -0.489 e. The summed E-state index contributed by atoms with van der Waals surface area (Å²) in [7, 11) is 0. The van der Waals surface area contributed by atoms with E-state index >= 15 is 0 Å². The fourth-order valence-corrected chi connectivity index (χ4v) is 1.57. The number of aliphatic hydroxyl groups is 1. The third-order valence-electron chi connectivity index (χ3n) is 2.76. The normalized spacial score (nSPS) is 12.3. The van der Waals surface area contributed by atoms with Gasteiger partial charge in [-0.25, -0.2) is 8.78 Å². The number of rotatable bonds is 8. The van der Waals surface area contributed by atoms with Crippen LogP contribution in [0.3, 0.4) is 0 Å². The van der Waals surface area contributed by atoms with Crippen molar-refractivity contribution in [3.8, 4) is 5.75 Å². The average molecular weight is 443 g/mol. The lowest BCUT2D eigenvalue weighted by molar-refractivity contribution is 0.241. The monoisotopic (exact) mass is 443 g/mol. The Kier molecular flexibility index (Phi) is 11.7. The highest BCUT2D eigenvalue weighted by Crippen LogP contribution is 2.17. The Morgan fingerprint density at radius 2 is 2.09 bits per heavy atom. The zero-order valence-corrected chi connectivity index (χ0v) is 15.6. The lowest BCUT2D eigenvalue weighted by Crippen LogP contribution is -2.39. The molecule has 8 heteroatoms. The van der Waals surface area contributed by atoms with Crippen molar-refractivity contribution >= 4 is 29.9 Å². The summed E-state index contributed by atoms with van der Waals surface area (Å²) in [6.07, 6.45) is 0. The molecule has 0 heterocycles. The van der Waals surface area contributed by atoms with E-state index in [4.69, 9.17) is 9.84 Å². The summed E-state index contributed by atoms with van der Waals surface area (Å²) in [6.45, 7) is 5.74. The number of guanidine groups is 1. The number of halogens is 3. The van der Waals surface area contributed by atoms with Crippen molar-refractivity contribution in [2.45, 2.75) is 13.8 Å². The predicted octanol–water partition coefficient (Wildman–Crippen LogP) is 2.15. The van der Waals surface area contributed by atoms with Crippen LogP contribution in [-0.2, 0) is 0 Å². The molecule has 0 fully saturated rings. The standard InChI is InChI=1S/C15H23F2N3O2.HI/c1-3-18-15(20-9-11(2)10-21)19-6-7-22-14-5-4-12(16)8-13(14)17;/h4-5,8,11,21H,3,6-7,9-10H2,1-2H3,(H2,18,19,20);1H. The number of nitrogens with zero attached hydrogens (tertiary/aromatic N) is 1. The Bertz CT molecular complexity index is 490. The van der Waals surface area contributed by atoms with E-state index in [9.17, 15) is 8.78 Å². The molecule has 5 nitrogen and oxygen atoms in total. The Hall–Kier alpha value is -1.16. The molecule has 132 valence electrons. The lowest BCUT2D eigenvalue weighted by Gasteiger charge is -2.13. The third kappa shape index (κ3) is 8.89. The smallest absolute Gasteiger partial charge is 0.191 e. The highest BCUT2D eigenvalue weighted by molar-refractivity contribution is 14.0. The second kappa shape index (κ2) is 12.3. The van der Waals surface area contributed by atoms with Crippen LogP contribution in [0.15, 0.2) is 23.2 Å².